The average Bonchev–Trinajstić information content (AvgIpc) is 3.02. The van der Waals surface area contributed by atoms with Crippen LogP contribution < -0.4 is 5.11 Å². The Labute approximate surface area is 202 Å². The molecule has 3 heteroatoms. The minimum atomic E-state index is -0.912. The van der Waals surface area contributed by atoms with Gasteiger partial charge in [-0.1, -0.05) is 73.0 Å². The van der Waals surface area contributed by atoms with Gasteiger partial charge in [-0.2, -0.15) is 0 Å². The number of fused-ring (bicyclic) bond motifs is 5. The molecule has 0 unspecified atom stereocenters. The van der Waals surface area contributed by atoms with Crippen LogP contribution in [0.4, 0.5) is 0 Å². The number of ketones is 1. The van der Waals surface area contributed by atoms with Gasteiger partial charge in [-0.25, -0.2) is 0 Å². The van der Waals surface area contributed by atoms with Crippen LogP contribution in [-0.2, 0) is 9.59 Å². The van der Waals surface area contributed by atoms with Gasteiger partial charge >= 0.3 is 0 Å². The predicted molar refractivity (Wildman–Crippen MR) is 131 cm³/mol. The molecule has 0 aliphatic heterocycles. The second-order valence-corrected chi connectivity index (χ2v) is 13.7. The van der Waals surface area contributed by atoms with Gasteiger partial charge < -0.3 is 9.90 Å². The van der Waals surface area contributed by atoms with Crippen LogP contribution >= 0.6 is 0 Å². The van der Waals surface area contributed by atoms with Gasteiger partial charge in [0.25, 0.3) is 0 Å². The molecule has 4 aliphatic carbocycles. The lowest BCUT2D eigenvalue weighted by Crippen LogP contribution is -2.57. The van der Waals surface area contributed by atoms with E-state index in [1.807, 2.05) is 0 Å². The van der Waals surface area contributed by atoms with Crippen LogP contribution in [-0.4, -0.2) is 11.8 Å². The SMILES string of the molecule is C[C@@H](CCC[C@H](C)[C@@H]1CC[C@]2(C)C3=CC[C@@H]4C(C)(C)C(=O)CC[C@]4(C)[C@H]3CC[C@@]12C)C(=O)[O-]. The molecule has 0 aromatic rings. The first-order chi connectivity index (χ1) is 15.3. The molecule has 0 heterocycles. The van der Waals surface area contributed by atoms with Gasteiger partial charge in [-0.3, -0.25) is 4.79 Å². The smallest absolute Gasteiger partial charge is 0.138 e. The first kappa shape index (κ1) is 25.0. The molecule has 0 spiro atoms. The molecule has 0 aromatic heterocycles. The zero-order chi connectivity index (χ0) is 24.4. The molecule has 0 bridgehead atoms. The predicted octanol–water partition coefficient (Wildman–Crippen LogP) is 6.35. The molecular weight excluding hydrogens is 408 g/mol. The van der Waals surface area contributed by atoms with E-state index in [-0.39, 0.29) is 22.2 Å². The quantitative estimate of drug-likeness (QED) is 0.438. The second kappa shape index (κ2) is 8.23. The highest BCUT2D eigenvalue weighted by Crippen LogP contribution is 2.73. The molecule has 0 saturated heterocycles. The van der Waals surface area contributed by atoms with Crippen molar-refractivity contribution in [1.29, 1.82) is 0 Å². The Bertz CT molecular complexity index is 839. The maximum Gasteiger partial charge on any atom is 0.138 e. The third kappa shape index (κ3) is 3.57. The summed E-state index contributed by atoms with van der Waals surface area (Å²) in [7, 11) is 0. The third-order valence-corrected chi connectivity index (χ3v) is 12.0. The molecule has 186 valence electrons. The number of allylic oxidation sites excluding steroid dienone is 2. The van der Waals surface area contributed by atoms with Crippen molar-refractivity contribution in [2.75, 3.05) is 0 Å². The Morgan fingerprint density at radius 2 is 1.76 bits per heavy atom. The summed E-state index contributed by atoms with van der Waals surface area (Å²) in [6.07, 6.45) is 13.4. The van der Waals surface area contributed by atoms with Crippen molar-refractivity contribution in [3.8, 4) is 0 Å². The van der Waals surface area contributed by atoms with Gasteiger partial charge in [0, 0.05) is 17.8 Å². The van der Waals surface area contributed by atoms with Crippen molar-refractivity contribution in [1.82, 2.24) is 0 Å². The zero-order valence-corrected chi connectivity index (χ0v) is 22.3. The average molecular weight is 456 g/mol. The van der Waals surface area contributed by atoms with Crippen molar-refractivity contribution in [2.24, 2.45) is 51.2 Å². The Balaban J connectivity index is 1.56. The van der Waals surface area contributed by atoms with Gasteiger partial charge in [0.2, 0.25) is 0 Å². The molecule has 3 nitrogen and oxygen atoms in total. The Kier molecular flexibility index (Phi) is 6.23. The summed E-state index contributed by atoms with van der Waals surface area (Å²) < 4.78 is 0. The van der Waals surface area contributed by atoms with Gasteiger partial charge in [0.1, 0.15) is 5.78 Å². The fourth-order valence-electron chi connectivity index (χ4n) is 9.53. The standard InChI is InChI=1S/C30H48O3/c1-19(9-8-10-20(2)26(32)33)21-13-17-30(7)23-11-12-24-27(3,4)25(31)15-16-28(24,5)22(23)14-18-29(21,30)6/h11,19-22,24H,8-10,12-18H2,1-7H3,(H,32,33)/p-1/t19-,20-,21-,22-,24+,28+,29-,30+/m0/s1. The summed E-state index contributed by atoms with van der Waals surface area (Å²) in [6, 6.07) is 0. The number of carbonyl (C=O) groups is 2. The maximum atomic E-state index is 12.8. The topological polar surface area (TPSA) is 57.2 Å². The molecule has 3 fully saturated rings. The van der Waals surface area contributed by atoms with Crippen molar-refractivity contribution in [3.05, 3.63) is 11.6 Å². The van der Waals surface area contributed by atoms with Crippen molar-refractivity contribution in [2.45, 2.75) is 113 Å². The van der Waals surface area contributed by atoms with Crippen LogP contribution in [0.25, 0.3) is 0 Å². The fourth-order valence-corrected chi connectivity index (χ4v) is 9.53. The van der Waals surface area contributed by atoms with Gasteiger partial charge in [0.05, 0.1) is 0 Å². The van der Waals surface area contributed by atoms with Crippen molar-refractivity contribution >= 4 is 11.8 Å². The van der Waals surface area contributed by atoms with Gasteiger partial charge in [0.15, 0.2) is 0 Å². The van der Waals surface area contributed by atoms with Gasteiger partial charge in [-0.05, 0) is 90.8 Å². The van der Waals surface area contributed by atoms with E-state index in [1.165, 1.54) is 25.7 Å². The number of carboxylic acid groups (broad SMARTS) is 1. The van der Waals surface area contributed by atoms with Crippen LogP contribution in [0.15, 0.2) is 11.6 Å². The number of hydrogen-bond acceptors (Lipinski definition) is 3. The Morgan fingerprint density at radius 1 is 1.06 bits per heavy atom. The Hall–Kier alpha value is -1.12. The highest BCUT2D eigenvalue weighted by Gasteiger charge is 2.65. The lowest BCUT2D eigenvalue weighted by atomic mass is 9.41. The van der Waals surface area contributed by atoms with Crippen LogP contribution in [0.3, 0.4) is 0 Å². The molecule has 4 aliphatic rings. The van der Waals surface area contributed by atoms with E-state index in [2.05, 4.69) is 47.6 Å². The molecule has 0 N–H and O–H groups in total. The lowest BCUT2D eigenvalue weighted by molar-refractivity contribution is -0.311. The normalized spacial score (nSPS) is 43.7. The summed E-state index contributed by atoms with van der Waals surface area (Å²) >= 11 is 0. The van der Waals surface area contributed by atoms with E-state index in [0.717, 1.165) is 38.5 Å². The molecule has 0 aromatic carbocycles. The highest BCUT2D eigenvalue weighted by atomic mass is 16.4. The van der Waals surface area contributed by atoms with Crippen LogP contribution in [0, 0.1) is 51.2 Å². The number of carboxylic acids is 1. The van der Waals surface area contributed by atoms with Crippen LogP contribution in [0.5, 0.6) is 0 Å². The van der Waals surface area contributed by atoms with Crippen LogP contribution in [0.2, 0.25) is 0 Å². The van der Waals surface area contributed by atoms with E-state index in [4.69, 9.17) is 0 Å². The number of Topliss-reactive ketones (excluding diaryl/α,β-unsaturated/α-hetero) is 1. The molecule has 8 atom stereocenters. The summed E-state index contributed by atoms with van der Waals surface area (Å²) in [5.74, 6) is 1.64. The van der Waals surface area contributed by atoms with Crippen LogP contribution in [0.1, 0.15) is 113 Å². The number of carbonyl (C=O) groups excluding carboxylic acids is 2. The summed E-state index contributed by atoms with van der Waals surface area (Å²) in [4.78, 5) is 23.9. The Morgan fingerprint density at radius 3 is 2.42 bits per heavy atom. The van der Waals surface area contributed by atoms with Gasteiger partial charge in [-0.15, -0.1) is 0 Å². The molecule has 4 rings (SSSR count). The number of rotatable bonds is 6. The van der Waals surface area contributed by atoms with E-state index in [1.54, 1.807) is 12.5 Å². The van der Waals surface area contributed by atoms with Crippen molar-refractivity contribution in [3.63, 3.8) is 0 Å². The third-order valence-electron chi connectivity index (χ3n) is 12.0. The minimum absolute atomic E-state index is 0.202. The van der Waals surface area contributed by atoms with E-state index < -0.39 is 5.97 Å². The zero-order valence-electron chi connectivity index (χ0n) is 22.3. The largest absolute Gasteiger partial charge is 0.550 e. The van der Waals surface area contributed by atoms with E-state index in [0.29, 0.717) is 34.9 Å². The molecule has 0 amide bonds. The van der Waals surface area contributed by atoms with E-state index in [9.17, 15) is 14.7 Å². The maximum absolute atomic E-state index is 12.8. The van der Waals surface area contributed by atoms with E-state index >= 15 is 0 Å². The second-order valence-electron chi connectivity index (χ2n) is 13.7. The molecular formula is C30H47O3-. The molecule has 3 saturated carbocycles. The summed E-state index contributed by atoms with van der Waals surface area (Å²) in [6.45, 7) is 16.3. The fraction of sp³-hybridized carbons (Fsp3) is 0.867. The highest BCUT2D eigenvalue weighted by molar-refractivity contribution is 5.85. The minimum Gasteiger partial charge on any atom is -0.550 e. The summed E-state index contributed by atoms with van der Waals surface area (Å²) in [5, 5.41) is 11.1. The molecule has 0 radical (unpaired) electrons. The molecule has 33 heavy (non-hydrogen) atoms. The lowest BCUT2D eigenvalue weighted by Gasteiger charge is -2.63. The van der Waals surface area contributed by atoms with Crippen molar-refractivity contribution < 1.29 is 14.7 Å². The number of aliphatic carboxylic acids is 1. The summed E-state index contributed by atoms with van der Waals surface area (Å²) in [5.41, 5.74) is 2.35. The first-order valence-electron chi connectivity index (χ1n) is 13.7. The monoisotopic (exact) mass is 455 g/mol. The number of hydrogen-bond donors (Lipinski definition) is 0. The first-order valence-corrected chi connectivity index (χ1v) is 13.7.